The molecule has 1 unspecified atom stereocenters. The number of hydrogen-bond acceptors (Lipinski definition) is 3. The summed E-state index contributed by atoms with van der Waals surface area (Å²) < 4.78 is 0. The lowest BCUT2D eigenvalue weighted by molar-refractivity contribution is -0.142. The van der Waals surface area contributed by atoms with Crippen LogP contribution in [0.2, 0.25) is 0 Å². The van der Waals surface area contributed by atoms with Gasteiger partial charge in [-0.1, -0.05) is 19.3 Å². The number of hydrogen-bond donors (Lipinski definition) is 1. The maximum Gasteiger partial charge on any atom is 0.248 e. The minimum absolute atomic E-state index is 0.0190. The van der Waals surface area contributed by atoms with Gasteiger partial charge in [0, 0.05) is 19.0 Å². The molecule has 2 aliphatic rings. The van der Waals surface area contributed by atoms with Gasteiger partial charge in [-0.15, -0.1) is 0 Å². The average Bonchev–Trinajstić information content (AvgIpc) is 2.95. The van der Waals surface area contributed by atoms with Gasteiger partial charge < -0.3 is 10.2 Å². The van der Waals surface area contributed by atoms with Gasteiger partial charge in [-0.3, -0.25) is 9.59 Å². The van der Waals surface area contributed by atoms with E-state index in [1.54, 1.807) is 11.3 Å². The lowest BCUT2D eigenvalue weighted by Crippen LogP contribution is -2.58. The Morgan fingerprint density at radius 3 is 2.76 bits per heavy atom. The van der Waals surface area contributed by atoms with Gasteiger partial charge in [0.15, 0.2) is 0 Å². The van der Waals surface area contributed by atoms with E-state index >= 15 is 0 Å². The summed E-state index contributed by atoms with van der Waals surface area (Å²) in [5.74, 6) is 0.136. The van der Waals surface area contributed by atoms with E-state index < -0.39 is 5.54 Å². The van der Waals surface area contributed by atoms with E-state index in [1.165, 1.54) is 0 Å². The zero-order valence-corrected chi connectivity index (χ0v) is 13.2. The molecule has 1 aromatic rings. The average molecular weight is 306 g/mol. The Hall–Kier alpha value is -1.36. The highest BCUT2D eigenvalue weighted by Crippen LogP contribution is 2.33. The first-order chi connectivity index (χ1) is 10.1. The number of amides is 2. The predicted molar refractivity (Wildman–Crippen MR) is 82.9 cm³/mol. The summed E-state index contributed by atoms with van der Waals surface area (Å²) in [5.41, 5.74) is 0.511. The quantitative estimate of drug-likeness (QED) is 0.913. The van der Waals surface area contributed by atoms with E-state index in [0.717, 1.165) is 37.7 Å². The van der Waals surface area contributed by atoms with Crippen LogP contribution in [0, 0.1) is 0 Å². The SMILES string of the molecule is CC1CC(=O)NC2(CCCCC2)C(=O)N1Cc1ccsc1. The standard InChI is InChI=1S/C16H22N2O2S/c1-12-9-14(19)17-16(6-3-2-4-7-16)15(20)18(12)10-13-5-8-21-11-13/h5,8,11-12H,2-4,6-7,9-10H2,1H3,(H,17,19). The Kier molecular flexibility index (Phi) is 4.02. The van der Waals surface area contributed by atoms with Crippen molar-refractivity contribution in [3.63, 3.8) is 0 Å². The number of carbonyl (C=O) groups excluding carboxylic acids is 2. The third-order valence-corrected chi connectivity index (χ3v) is 5.43. The molecule has 2 amide bonds. The molecule has 2 fully saturated rings. The molecule has 1 aliphatic heterocycles. The number of nitrogens with zero attached hydrogens (tertiary/aromatic N) is 1. The van der Waals surface area contributed by atoms with Crippen LogP contribution in [-0.2, 0) is 16.1 Å². The summed E-state index contributed by atoms with van der Waals surface area (Å²) in [6, 6.07) is 2.01. The molecule has 1 spiro atoms. The van der Waals surface area contributed by atoms with Crippen LogP contribution >= 0.6 is 11.3 Å². The third kappa shape index (κ3) is 2.84. The lowest BCUT2D eigenvalue weighted by Gasteiger charge is -2.39. The first kappa shape index (κ1) is 14.6. The molecule has 1 saturated heterocycles. The molecule has 0 radical (unpaired) electrons. The number of rotatable bonds is 2. The fraction of sp³-hybridized carbons (Fsp3) is 0.625. The molecule has 5 heteroatoms. The van der Waals surface area contributed by atoms with E-state index in [-0.39, 0.29) is 17.9 Å². The maximum absolute atomic E-state index is 13.1. The molecule has 1 saturated carbocycles. The van der Waals surface area contributed by atoms with E-state index in [1.807, 2.05) is 17.2 Å². The number of carbonyl (C=O) groups is 2. The molecule has 4 nitrogen and oxygen atoms in total. The molecule has 1 aromatic heterocycles. The van der Waals surface area contributed by atoms with Gasteiger partial charge in [0.05, 0.1) is 0 Å². The molecule has 21 heavy (non-hydrogen) atoms. The van der Waals surface area contributed by atoms with Crippen molar-refractivity contribution in [1.29, 1.82) is 0 Å². The van der Waals surface area contributed by atoms with Crippen molar-refractivity contribution in [3.05, 3.63) is 22.4 Å². The van der Waals surface area contributed by atoms with Crippen LogP contribution < -0.4 is 5.32 Å². The summed E-state index contributed by atoms with van der Waals surface area (Å²) in [7, 11) is 0. The van der Waals surface area contributed by atoms with Crippen LogP contribution in [0.15, 0.2) is 16.8 Å². The topological polar surface area (TPSA) is 49.4 Å². The molecule has 2 heterocycles. The monoisotopic (exact) mass is 306 g/mol. The van der Waals surface area contributed by atoms with E-state index in [0.29, 0.717) is 13.0 Å². The minimum Gasteiger partial charge on any atom is -0.342 e. The summed E-state index contributed by atoms with van der Waals surface area (Å²) in [4.78, 5) is 27.2. The van der Waals surface area contributed by atoms with Crippen LogP contribution in [0.1, 0.15) is 51.0 Å². The van der Waals surface area contributed by atoms with Crippen LogP contribution in [0.4, 0.5) is 0 Å². The van der Waals surface area contributed by atoms with Gasteiger partial charge in [0.25, 0.3) is 0 Å². The Labute approximate surface area is 129 Å². The van der Waals surface area contributed by atoms with Crippen LogP contribution in [0.3, 0.4) is 0 Å². The van der Waals surface area contributed by atoms with Gasteiger partial charge in [0.1, 0.15) is 5.54 Å². The molecule has 1 aliphatic carbocycles. The van der Waals surface area contributed by atoms with E-state index in [4.69, 9.17) is 0 Å². The molecular formula is C16H22N2O2S. The summed E-state index contributed by atoms with van der Waals surface area (Å²) in [6.07, 6.45) is 5.16. The fourth-order valence-corrected chi connectivity index (χ4v) is 4.19. The summed E-state index contributed by atoms with van der Waals surface area (Å²) >= 11 is 1.64. The van der Waals surface area contributed by atoms with Crippen LogP contribution in [-0.4, -0.2) is 28.3 Å². The van der Waals surface area contributed by atoms with Crippen molar-refractivity contribution in [2.75, 3.05) is 0 Å². The zero-order chi connectivity index (χ0) is 14.9. The highest BCUT2D eigenvalue weighted by Gasteiger charge is 2.46. The molecule has 0 aromatic carbocycles. The Morgan fingerprint density at radius 2 is 2.10 bits per heavy atom. The molecule has 0 bridgehead atoms. The summed E-state index contributed by atoms with van der Waals surface area (Å²) in [6.45, 7) is 2.59. The molecule has 114 valence electrons. The van der Waals surface area contributed by atoms with Gasteiger partial charge >= 0.3 is 0 Å². The molecular weight excluding hydrogens is 284 g/mol. The maximum atomic E-state index is 13.1. The largest absolute Gasteiger partial charge is 0.342 e. The Bertz CT molecular complexity index is 520. The number of thiophene rings is 1. The van der Waals surface area contributed by atoms with Crippen molar-refractivity contribution in [3.8, 4) is 0 Å². The van der Waals surface area contributed by atoms with E-state index in [2.05, 4.69) is 16.8 Å². The second-order valence-electron chi connectivity index (χ2n) is 6.31. The van der Waals surface area contributed by atoms with Gasteiger partial charge in [0.2, 0.25) is 11.8 Å². The van der Waals surface area contributed by atoms with Crippen molar-refractivity contribution in [2.24, 2.45) is 0 Å². The van der Waals surface area contributed by atoms with Crippen LogP contribution in [0.5, 0.6) is 0 Å². The minimum atomic E-state index is -0.643. The zero-order valence-electron chi connectivity index (χ0n) is 12.4. The second-order valence-corrected chi connectivity index (χ2v) is 7.09. The lowest BCUT2D eigenvalue weighted by atomic mass is 9.80. The van der Waals surface area contributed by atoms with Crippen molar-refractivity contribution < 1.29 is 9.59 Å². The Morgan fingerprint density at radius 1 is 1.33 bits per heavy atom. The van der Waals surface area contributed by atoms with Gasteiger partial charge in [-0.25, -0.2) is 0 Å². The predicted octanol–water partition coefficient (Wildman–Crippen LogP) is 2.69. The normalized spacial score (nSPS) is 25.8. The molecule has 1 N–H and O–H groups in total. The molecule has 3 rings (SSSR count). The number of nitrogens with one attached hydrogen (secondary N) is 1. The smallest absolute Gasteiger partial charge is 0.248 e. The van der Waals surface area contributed by atoms with Crippen LogP contribution in [0.25, 0.3) is 0 Å². The Balaban J connectivity index is 1.89. The highest BCUT2D eigenvalue weighted by atomic mass is 32.1. The van der Waals surface area contributed by atoms with Crippen molar-refractivity contribution in [2.45, 2.75) is 63.6 Å². The summed E-state index contributed by atoms with van der Waals surface area (Å²) in [5, 5.41) is 7.16. The first-order valence-corrected chi connectivity index (χ1v) is 8.68. The molecule has 1 atom stereocenters. The highest BCUT2D eigenvalue weighted by molar-refractivity contribution is 7.07. The van der Waals surface area contributed by atoms with Crippen molar-refractivity contribution >= 4 is 23.2 Å². The third-order valence-electron chi connectivity index (χ3n) is 4.70. The fourth-order valence-electron chi connectivity index (χ4n) is 3.53. The van der Waals surface area contributed by atoms with Gasteiger partial charge in [-0.05, 0) is 42.2 Å². The van der Waals surface area contributed by atoms with E-state index in [9.17, 15) is 9.59 Å². The second kappa shape index (κ2) is 5.79. The van der Waals surface area contributed by atoms with Gasteiger partial charge in [-0.2, -0.15) is 11.3 Å². The first-order valence-electron chi connectivity index (χ1n) is 7.74. The van der Waals surface area contributed by atoms with Crippen molar-refractivity contribution in [1.82, 2.24) is 10.2 Å².